The van der Waals surface area contributed by atoms with Crippen molar-refractivity contribution < 1.29 is 4.79 Å². The zero-order valence-electron chi connectivity index (χ0n) is 9.59. The molecule has 15 heavy (non-hydrogen) atoms. The van der Waals surface area contributed by atoms with Gasteiger partial charge < -0.3 is 10.6 Å². The maximum atomic E-state index is 11.6. The Hall–Kier alpha value is -0.570. The van der Waals surface area contributed by atoms with Crippen molar-refractivity contribution in [1.82, 2.24) is 10.6 Å². The molecule has 2 fully saturated rings. The van der Waals surface area contributed by atoms with Crippen molar-refractivity contribution in [2.75, 3.05) is 6.54 Å². The Morgan fingerprint density at radius 3 is 2.60 bits per heavy atom. The molecule has 2 aliphatic carbocycles. The van der Waals surface area contributed by atoms with E-state index < -0.39 is 0 Å². The molecule has 2 saturated carbocycles. The molecule has 0 aromatic heterocycles. The largest absolute Gasteiger partial charge is 0.352 e. The van der Waals surface area contributed by atoms with E-state index in [1.165, 1.54) is 32.1 Å². The third kappa shape index (κ3) is 4.20. The van der Waals surface area contributed by atoms with Gasteiger partial charge in [0, 0.05) is 12.1 Å². The van der Waals surface area contributed by atoms with Gasteiger partial charge in [0.25, 0.3) is 0 Å². The summed E-state index contributed by atoms with van der Waals surface area (Å²) in [6.07, 6.45) is 7.47. The van der Waals surface area contributed by atoms with Gasteiger partial charge in [0.15, 0.2) is 0 Å². The summed E-state index contributed by atoms with van der Waals surface area (Å²) >= 11 is 0. The molecule has 2 aliphatic rings. The lowest BCUT2D eigenvalue weighted by Crippen LogP contribution is -2.40. The average molecular weight is 210 g/mol. The molecule has 0 aromatic carbocycles. The second-order valence-corrected chi connectivity index (χ2v) is 5.01. The van der Waals surface area contributed by atoms with Crippen molar-refractivity contribution in [3.8, 4) is 0 Å². The zero-order valence-corrected chi connectivity index (χ0v) is 9.59. The van der Waals surface area contributed by atoms with Crippen molar-refractivity contribution in [3.63, 3.8) is 0 Å². The summed E-state index contributed by atoms with van der Waals surface area (Å²) in [5.41, 5.74) is 0. The summed E-state index contributed by atoms with van der Waals surface area (Å²) in [7, 11) is 0. The van der Waals surface area contributed by atoms with Gasteiger partial charge in [-0.1, -0.05) is 19.8 Å². The number of carbonyl (C=O) groups excluding carboxylic acids is 1. The molecule has 0 aliphatic heterocycles. The summed E-state index contributed by atoms with van der Waals surface area (Å²) in [4.78, 5) is 11.6. The first-order valence-corrected chi connectivity index (χ1v) is 6.30. The minimum absolute atomic E-state index is 0.175. The molecule has 0 aromatic rings. The number of hydrogen-bond donors (Lipinski definition) is 2. The van der Waals surface area contributed by atoms with E-state index in [2.05, 4.69) is 17.6 Å². The standard InChI is InChI=1S/C12H22N2O/c1-2-10(7-9-3-4-9)14-12(15)8-13-11-5-6-11/h9-11,13H,2-8H2,1H3,(H,14,15). The smallest absolute Gasteiger partial charge is 0.234 e. The van der Waals surface area contributed by atoms with Crippen molar-refractivity contribution in [2.24, 2.45) is 5.92 Å². The fraction of sp³-hybridized carbons (Fsp3) is 0.917. The average Bonchev–Trinajstić information content (AvgIpc) is 3.08. The van der Waals surface area contributed by atoms with Crippen LogP contribution in [0, 0.1) is 5.92 Å². The van der Waals surface area contributed by atoms with Crippen LogP contribution < -0.4 is 10.6 Å². The summed E-state index contributed by atoms with van der Waals surface area (Å²) in [6.45, 7) is 2.66. The lowest BCUT2D eigenvalue weighted by atomic mass is 10.1. The molecule has 0 bridgehead atoms. The lowest BCUT2D eigenvalue weighted by Gasteiger charge is -2.16. The minimum atomic E-state index is 0.175. The first kappa shape index (κ1) is 10.9. The van der Waals surface area contributed by atoms with Gasteiger partial charge >= 0.3 is 0 Å². The lowest BCUT2D eigenvalue weighted by molar-refractivity contribution is -0.121. The van der Waals surface area contributed by atoms with Gasteiger partial charge in [-0.3, -0.25) is 4.79 Å². The number of carbonyl (C=O) groups is 1. The predicted molar refractivity (Wildman–Crippen MR) is 60.6 cm³/mol. The second-order valence-electron chi connectivity index (χ2n) is 5.01. The highest BCUT2D eigenvalue weighted by Crippen LogP contribution is 2.33. The maximum Gasteiger partial charge on any atom is 0.234 e. The summed E-state index contributed by atoms with van der Waals surface area (Å²) < 4.78 is 0. The van der Waals surface area contributed by atoms with Crippen LogP contribution in [0.3, 0.4) is 0 Å². The molecule has 2 N–H and O–H groups in total. The molecule has 1 atom stereocenters. The van der Waals surface area contributed by atoms with E-state index >= 15 is 0 Å². The SMILES string of the molecule is CCC(CC1CC1)NC(=O)CNC1CC1. The minimum Gasteiger partial charge on any atom is -0.352 e. The van der Waals surface area contributed by atoms with E-state index in [1.54, 1.807) is 0 Å². The molecule has 0 saturated heterocycles. The Kier molecular flexibility index (Phi) is 3.62. The summed E-state index contributed by atoms with van der Waals surface area (Å²) in [5.74, 6) is 1.07. The van der Waals surface area contributed by atoms with Gasteiger partial charge in [0.2, 0.25) is 5.91 Å². The van der Waals surface area contributed by atoms with Gasteiger partial charge in [0.05, 0.1) is 6.54 Å². The molecule has 2 rings (SSSR count). The van der Waals surface area contributed by atoms with Crippen molar-refractivity contribution in [3.05, 3.63) is 0 Å². The van der Waals surface area contributed by atoms with Gasteiger partial charge in [-0.15, -0.1) is 0 Å². The highest BCUT2D eigenvalue weighted by molar-refractivity contribution is 5.78. The monoisotopic (exact) mass is 210 g/mol. The predicted octanol–water partition coefficient (Wildman–Crippen LogP) is 1.43. The molecule has 86 valence electrons. The van der Waals surface area contributed by atoms with Crippen molar-refractivity contribution in [1.29, 1.82) is 0 Å². The number of amides is 1. The van der Waals surface area contributed by atoms with Crippen LogP contribution in [0.1, 0.15) is 45.4 Å². The van der Waals surface area contributed by atoms with Gasteiger partial charge in [-0.25, -0.2) is 0 Å². The molecule has 0 radical (unpaired) electrons. The molecular weight excluding hydrogens is 188 g/mol. The van der Waals surface area contributed by atoms with Gasteiger partial charge in [-0.2, -0.15) is 0 Å². The van der Waals surface area contributed by atoms with Gasteiger partial charge in [0.1, 0.15) is 0 Å². The first-order chi connectivity index (χ1) is 7.28. The fourth-order valence-electron chi connectivity index (χ4n) is 1.89. The molecule has 3 heteroatoms. The fourth-order valence-corrected chi connectivity index (χ4v) is 1.89. The Morgan fingerprint density at radius 1 is 1.33 bits per heavy atom. The first-order valence-electron chi connectivity index (χ1n) is 6.30. The van der Waals surface area contributed by atoms with E-state index in [1.807, 2.05) is 0 Å². The second kappa shape index (κ2) is 4.97. The van der Waals surface area contributed by atoms with Crippen LogP contribution in [-0.2, 0) is 4.79 Å². The van der Waals surface area contributed by atoms with Crippen LogP contribution in [0.15, 0.2) is 0 Å². The summed E-state index contributed by atoms with van der Waals surface area (Å²) in [6, 6.07) is 1.03. The van der Waals surface area contributed by atoms with Crippen LogP contribution in [0.5, 0.6) is 0 Å². The Bertz CT molecular complexity index is 222. The Morgan fingerprint density at radius 2 is 2.07 bits per heavy atom. The van der Waals surface area contributed by atoms with E-state index in [0.29, 0.717) is 18.6 Å². The number of hydrogen-bond acceptors (Lipinski definition) is 2. The maximum absolute atomic E-state index is 11.6. The molecule has 0 heterocycles. The number of rotatable bonds is 7. The molecule has 1 unspecified atom stereocenters. The van der Waals surface area contributed by atoms with E-state index in [-0.39, 0.29) is 5.91 Å². The topological polar surface area (TPSA) is 41.1 Å². The quantitative estimate of drug-likeness (QED) is 0.667. The van der Waals surface area contributed by atoms with Crippen LogP contribution in [0.2, 0.25) is 0 Å². The van der Waals surface area contributed by atoms with Crippen LogP contribution >= 0.6 is 0 Å². The summed E-state index contributed by atoms with van der Waals surface area (Å²) in [5, 5.41) is 6.36. The molecule has 3 nitrogen and oxygen atoms in total. The number of nitrogens with one attached hydrogen (secondary N) is 2. The Labute approximate surface area is 92.0 Å². The molecule has 1 amide bonds. The van der Waals surface area contributed by atoms with Crippen LogP contribution in [0.4, 0.5) is 0 Å². The highest BCUT2D eigenvalue weighted by Gasteiger charge is 2.26. The third-order valence-electron chi connectivity index (χ3n) is 3.30. The highest BCUT2D eigenvalue weighted by atomic mass is 16.1. The van der Waals surface area contributed by atoms with E-state index in [9.17, 15) is 4.79 Å². The van der Waals surface area contributed by atoms with Crippen LogP contribution in [-0.4, -0.2) is 24.5 Å². The van der Waals surface area contributed by atoms with Crippen molar-refractivity contribution >= 4 is 5.91 Å². The van der Waals surface area contributed by atoms with E-state index in [0.717, 1.165) is 12.3 Å². The zero-order chi connectivity index (χ0) is 10.7. The Balaban J connectivity index is 1.60. The van der Waals surface area contributed by atoms with E-state index in [4.69, 9.17) is 0 Å². The molecular formula is C12H22N2O. The molecule has 0 spiro atoms. The third-order valence-corrected chi connectivity index (χ3v) is 3.30. The normalized spacial score (nSPS) is 22.5. The van der Waals surface area contributed by atoms with Crippen LogP contribution in [0.25, 0.3) is 0 Å². The van der Waals surface area contributed by atoms with Crippen molar-refractivity contribution in [2.45, 2.75) is 57.5 Å². The van der Waals surface area contributed by atoms with Gasteiger partial charge in [-0.05, 0) is 31.6 Å².